The largest absolute Gasteiger partial charge is 0.276 e. The molecule has 0 aliphatic heterocycles. The normalized spacial score (nSPS) is 10.3. The predicted molar refractivity (Wildman–Crippen MR) is 60.3 cm³/mol. The van der Waals surface area contributed by atoms with Gasteiger partial charge in [-0.1, -0.05) is 23.5 Å². The first-order valence-electron chi connectivity index (χ1n) is 4.27. The van der Waals surface area contributed by atoms with Crippen LogP contribution in [0.15, 0.2) is 24.3 Å². The van der Waals surface area contributed by atoms with E-state index in [4.69, 9.17) is 11.6 Å². The Balaban J connectivity index is 2.35. The van der Waals surface area contributed by atoms with E-state index in [1.165, 1.54) is 11.3 Å². The van der Waals surface area contributed by atoms with E-state index in [-0.39, 0.29) is 0 Å². The summed E-state index contributed by atoms with van der Waals surface area (Å²) >= 11 is 6.86. The second kappa shape index (κ2) is 4.08. The lowest BCUT2D eigenvalue weighted by molar-refractivity contribution is 0.108. The molecular formula is C10H7ClN2OS. The number of halogens is 1. The maximum atomic E-state index is 10.8. The lowest BCUT2D eigenvalue weighted by atomic mass is 10.1. The second-order valence-electron chi connectivity index (χ2n) is 2.98. The maximum Gasteiger partial charge on any atom is 0.252 e. The monoisotopic (exact) mass is 238 g/mol. The predicted octanol–water partition coefficient (Wildman–Crippen LogP) is 2.89. The molecule has 0 N–H and O–H groups in total. The summed E-state index contributed by atoms with van der Waals surface area (Å²) in [5.74, 6) is 0. The van der Waals surface area contributed by atoms with Gasteiger partial charge < -0.3 is 0 Å². The van der Waals surface area contributed by atoms with Crippen molar-refractivity contribution in [1.29, 1.82) is 0 Å². The van der Waals surface area contributed by atoms with Gasteiger partial charge in [0.1, 0.15) is 10.0 Å². The molecule has 15 heavy (non-hydrogen) atoms. The third-order valence-corrected chi connectivity index (χ3v) is 2.99. The standard InChI is InChI=1S/C10H7ClN2OS/c1-6-12-13-10(15-6)8-4-2-7(3-5-8)9(11)14/h2-5H,1H3. The van der Waals surface area contributed by atoms with Crippen molar-refractivity contribution in [2.24, 2.45) is 0 Å². The summed E-state index contributed by atoms with van der Waals surface area (Å²) in [6, 6.07) is 6.99. The van der Waals surface area contributed by atoms with Crippen molar-refractivity contribution in [3.05, 3.63) is 34.8 Å². The minimum Gasteiger partial charge on any atom is -0.276 e. The number of carbonyl (C=O) groups is 1. The van der Waals surface area contributed by atoms with Crippen LogP contribution in [0, 0.1) is 6.92 Å². The van der Waals surface area contributed by atoms with Crippen LogP contribution in [0.3, 0.4) is 0 Å². The molecule has 2 aromatic rings. The molecule has 76 valence electrons. The SMILES string of the molecule is Cc1nnc(-c2ccc(C(=O)Cl)cc2)s1. The zero-order valence-corrected chi connectivity index (χ0v) is 9.47. The zero-order chi connectivity index (χ0) is 10.8. The van der Waals surface area contributed by atoms with Gasteiger partial charge in [0, 0.05) is 11.1 Å². The Kier molecular flexibility index (Phi) is 2.79. The lowest BCUT2D eigenvalue weighted by Gasteiger charge is -1.96. The Morgan fingerprint density at radius 1 is 1.27 bits per heavy atom. The van der Waals surface area contributed by atoms with Gasteiger partial charge in [-0.25, -0.2) is 0 Å². The second-order valence-corrected chi connectivity index (χ2v) is 4.50. The summed E-state index contributed by atoms with van der Waals surface area (Å²) in [7, 11) is 0. The van der Waals surface area contributed by atoms with E-state index in [1.54, 1.807) is 12.1 Å². The van der Waals surface area contributed by atoms with Crippen LogP contribution in [-0.4, -0.2) is 15.4 Å². The molecule has 0 radical (unpaired) electrons. The van der Waals surface area contributed by atoms with Crippen molar-refractivity contribution in [1.82, 2.24) is 10.2 Å². The number of carbonyl (C=O) groups excluding carboxylic acids is 1. The van der Waals surface area contributed by atoms with Crippen molar-refractivity contribution >= 4 is 28.2 Å². The summed E-state index contributed by atoms with van der Waals surface area (Å²) in [6.45, 7) is 1.90. The smallest absolute Gasteiger partial charge is 0.252 e. The topological polar surface area (TPSA) is 42.9 Å². The van der Waals surface area contributed by atoms with Gasteiger partial charge in [-0.2, -0.15) is 0 Å². The first-order chi connectivity index (χ1) is 7.16. The number of hydrogen-bond donors (Lipinski definition) is 0. The first kappa shape index (κ1) is 10.3. The molecule has 2 rings (SSSR count). The van der Waals surface area contributed by atoms with Crippen molar-refractivity contribution in [3.63, 3.8) is 0 Å². The fourth-order valence-corrected chi connectivity index (χ4v) is 1.98. The molecule has 0 fully saturated rings. The minimum absolute atomic E-state index is 0.449. The number of aromatic nitrogens is 2. The maximum absolute atomic E-state index is 10.8. The Hall–Kier alpha value is -1.26. The molecule has 5 heteroatoms. The number of benzene rings is 1. The van der Waals surface area contributed by atoms with Gasteiger partial charge in [0.25, 0.3) is 5.24 Å². The van der Waals surface area contributed by atoms with Crippen LogP contribution in [0.4, 0.5) is 0 Å². The highest BCUT2D eigenvalue weighted by Crippen LogP contribution is 2.23. The minimum atomic E-state index is -0.449. The van der Waals surface area contributed by atoms with E-state index in [0.717, 1.165) is 15.6 Å². The van der Waals surface area contributed by atoms with E-state index >= 15 is 0 Å². The van der Waals surface area contributed by atoms with E-state index < -0.39 is 5.24 Å². The molecule has 0 aliphatic rings. The van der Waals surface area contributed by atoms with Gasteiger partial charge in [0.15, 0.2) is 0 Å². The van der Waals surface area contributed by atoms with Crippen molar-refractivity contribution in [2.75, 3.05) is 0 Å². The van der Waals surface area contributed by atoms with Crippen molar-refractivity contribution in [3.8, 4) is 10.6 Å². The first-order valence-corrected chi connectivity index (χ1v) is 5.46. The lowest BCUT2D eigenvalue weighted by Crippen LogP contribution is -1.87. The summed E-state index contributed by atoms with van der Waals surface area (Å²) in [5.41, 5.74) is 1.43. The van der Waals surface area contributed by atoms with Gasteiger partial charge >= 0.3 is 0 Å². The van der Waals surface area contributed by atoms with Crippen LogP contribution in [0.1, 0.15) is 15.4 Å². The summed E-state index contributed by atoms with van der Waals surface area (Å²) < 4.78 is 0. The van der Waals surface area contributed by atoms with Gasteiger partial charge in [0.2, 0.25) is 0 Å². The van der Waals surface area contributed by atoms with E-state index in [2.05, 4.69) is 10.2 Å². The molecule has 1 heterocycles. The summed E-state index contributed by atoms with van der Waals surface area (Å²) in [5, 5.41) is 9.26. The molecule has 3 nitrogen and oxygen atoms in total. The zero-order valence-electron chi connectivity index (χ0n) is 7.90. The number of nitrogens with zero attached hydrogens (tertiary/aromatic N) is 2. The molecule has 0 spiro atoms. The van der Waals surface area contributed by atoms with E-state index in [9.17, 15) is 4.79 Å². The fraction of sp³-hybridized carbons (Fsp3) is 0.100. The summed E-state index contributed by atoms with van der Waals surface area (Å²) in [4.78, 5) is 10.8. The van der Waals surface area contributed by atoms with Crippen LogP contribution in [0.5, 0.6) is 0 Å². The highest BCUT2D eigenvalue weighted by Gasteiger charge is 2.05. The third kappa shape index (κ3) is 2.22. The van der Waals surface area contributed by atoms with Crippen LogP contribution in [0.2, 0.25) is 0 Å². The number of hydrogen-bond acceptors (Lipinski definition) is 4. The molecule has 0 aliphatic carbocycles. The van der Waals surface area contributed by atoms with Gasteiger partial charge in [-0.3, -0.25) is 4.79 Å². The number of rotatable bonds is 2. The molecular weight excluding hydrogens is 232 g/mol. The molecule has 1 aromatic carbocycles. The summed E-state index contributed by atoms with van der Waals surface area (Å²) in [6.07, 6.45) is 0. The van der Waals surface area contributed by atoms with Crippen LogP contribution < -0.4 is 0 Å². The molecule has 1 aromatic heterocycles. The van der Waals surface area contributed by atoms with E-state index in [1.807, 2.05) is 19.1 Å². The average molecular weight is 239 g/mol. The van der Waals surface area contributed by atoms with Gasteiger partial charge in [-0.15, -0.1) is 10.2 Å². The van der Waals surface area contributed by atoms with Crippen LogP contribution in [-0.2, 0) is 0 Å². The van der Waals surface area contributed by atoms with Gasteiger partial charge in [0.05, 0.1) is 0 Å². The molecule has 0 saturated carbocycles. The molecule has 0 saturated heterocycles. The molecule has 0 amide bonds. The highest BCUT2D eigenvalue weighted by atomic mass is 35.5. The third-order valence-electron chi connectivity index (χ3n) is 1.88. The van der Waals surface area contributed by atoms with Crippen LogP contribution in [0.25, 0.3) is 10.6 Å². The Labute approximate surface area is 95.7 Å². The van der Waals surface area contributed by atoms with Crippen LogP contribution >= 0.6 is 22.9 Å². The number of aryl methyl sites for hydroxylation is 1. The molecule has 0 bridgehead atoms. The van der Waals surface area contributed by atoms with Crippen molar-refractivity contribution < 1.29 is 4.79 Å². The fourth-order valence-electron chi connectivity index (χ4n) is 1.16. The average Bonchev–Trinajstić information content (AvgIpc) is 2.65. The van der Waals surface area contributed by atoms with E-state index in [0.29, 0.717) is 5.56 Å². The van der Waals surface area contributed by atoms with Gasteiger partial charge in [-0.05, 0) is 30.7 Å². The Morgan fingerprint density at radius 2 is 1.93 bits per heavy atom. The quantitative estimate of drug-likeness (QED) is 0.756. The van der Waals surface area contributed by atoms with Crippen molar-refractivity contribution in [2.45, 2.75) is 6.92 Å². The highest BCUT2D eigenvalue weighted by molar-refractivity contribution is 7.14. The Bertz CT molecular complexity index is 492. The molecule has 0 atom stereocenters. The molecule has 0 unspecified atom stereocenters. The Morgan fingerprint density at radius 3 is 2.40 bits per heavy atom.